The lowest BCUT2D eigenvalue weighted by molar-refractivity contribution is 0.323. The summed E-state index contributed by atoms with van der Waals surface area (Å²) in [5, 5.41) is 0. The average molecular weight is 366 g/mol. The highest BCUT2D eigenvalue weighted by Crippen LogP contribution is 2.39. The Bertz CT molecular complexity index is 603. The summed E-state index contributed by atoms with van der Waals surface area (Å²) in [6.07, 6.45) is 0.728. The van der Waals surface area contributed by atoms with Crippen LogP contribution in [-0.4, -0.2) is 21.3 Å². The first-order valence-corrected chi connectivity index (χ1v) is 7.68. The second kappa shape index (κ2) is 7.51. The molecule has 2 aromatic rings. The van der Waals surface area contributed by atoms with Crippen LogP contribution < -0.4 is 19.9 Å². The number of methoxy groups -OCH3 is 3. The molecule has 118 valence electrons. The molecule has 5 heteroatoms. The van der Waals surface area contributed by atoms with Crippen LogP contribution >= 0.6 is 15.9 Å². The Morgan fingerprint density at radius 3 is 1.95 bits per heavy atom. The highest BCUT2D eigenvalue weighted by Gasteiger charge is 2.16. The van der Waals surface area contributed by atoms with Crippen LogP contribution in [0.2, 0.25) is 0 Å². The normalized spacial score (nSPS) is 11.9. The fraction of sp³-hybridized carbons (Fsp3) is 0.294. The Balaban J connectivity index is 2.28. The summed E-state index contributed by atoms with van der Waals surface area (Å²) in [5.41, 5.74) is 8.45. The van der Waals surface area contributed by atoms with Crippen LogP contribution in [0.4, 0.5) is 0 Å². The van der Waals surface area contributed by atoms with Gasteiger partial charge in [-0.1, -0.05) is 28.1 Å². The van der Waals surface area contributed by atoms with E-state index in [9.17, 15) is 0 Å². The number of benzene rings is 2. The van der Waals surface area contributed by atoms with Crippen LogP contribution in [0.3, 0.4) is 0 Å². The zero-order valence-electron chi connectivity index (χ0n) is 12.9. The molecule has 22 heavy (non-hydrogen) atoms. The van der Waals surface area contributed by atoms with Gasteiger partial charge in [0.1, 0.15) is 0 Å². The van der Waals surface area contributed by atoms with Crippen LogP contribution in [0.5, 0.6) is 17.2 Å². The predicted molar refractivity (Wildman–Crippen MR) is 90.9 cm³/mol. The van der Waals surface area contributed by atoms with Gasteiger partial charge in [0.05, 0.1) is 21.3 Å². The molecule has 0 radical (unpaired) electrons. The average Bonchev–Trinajstić information content (AvgIpc) is 2.55. The summed E-state index contributed by atoms with van der Waals surface area (Å²) in [6.45, 7) is 0. The summed E-state index contributed by atoms with van der Waals surface area (Å²) in [5.74, 6) is 1.80. The van der Waals surface area contributed by atoms with Crippen molar-refractivity contribution in [3.8, 4) is 17.2 Å². The van der Waals surface area contributed by atoms with E-state index in [1.165, 1.54) is 5.56 Å². The van der Waals surface area contributed by atoms with Gasteiger partial charge in [0.25, 0.3) is 0 Å². The third kappa shape index (κ3) is 3.72. The van der Waals surface area contributed by atoms with Gasteiger partial charge in [-0.05, 0) is 41.8 Å². The Morgan fingerprint density at radius 1 is 0.955 bits per heavy atom. The maximum Gasteiger partial charge on any atom is 0.203 e. The van der Waals surface area contributed by atoms with E-state index in [-0.39, 0.29) is 6.04 Å². The minimum atomic E-state index is -0.158. The molecule has 2 aromatic carbocycles. The third-order valence-electron chi connectivity index (χ3n) is 3.48. The predicted octanol–water partition coefficient (Wildman–Crippen LogP) is 3.72. The molecular formula is C17H20BrNO3. The molecule has 0 bridgehead atoms. The van der Waals surface area contributed by atoms with Gasteiger partial charge >= 0.3 is 0 Å². The number of ether oxygens (including phenoxy) is 3. The molecule has 0 amide bonds. The van der Waals surface area contributed by atoms with E-state index in [4.69, 9.17) is 19.9 Å². The minimum Gasteiger partial charge on any atom is -0.493 e. The van der Waals surface area contributed by atoms with Crippen LogP contribution in [-0.2, 0) is 6.42 Å². The van der Waals surface area contributed by atoms with Gasteiger partial charge in [-0.3, -0.25) is 0 Å². The number of hydrogen-bond acceptors (Lipinski definition) is 4. The Morgan fingerprint density at radius 2 is 1.50 bits per heavy atom. The summed E-state index contributed by atoms with van der Waals surface area (Å²) in [4.78, 5) is 0. The van der Waals surface area contributed by atoms with Crippen LogP contribution in [0.15, 0.2) is 40.9 Å². The van der Waals surface area contributed by atoms with Crippen LogP contribution in [0.25, 0.3) is 0 Å². The molecule has 0 aliphatic heterocycles. The zero-order valence-corrected chi connectivity index (χ0v) is 14.5. The van der Waals surface area contributed by atoms with Crippen molar-refractivity contribution in [3.63, 3.8) is 0 Å². The molecule has 2 rings (SSSR count). The largest absolute Gasteiger partial charge is 0.493 e. The van der Waals surface area contributed by atoms with Gasteiger partial charge in [0, 0.05) is 10.5 Å². The minimum absolute atomic E-state index is 0.158. The van der Waals surface area contributed by atoms with E-state index in [2.05, 4.69) is 28.1 Å². The molecule has 4 nitrogen and oxygen atoms in total. The smallest absolute Gasteiger partial charge is 0.203 e. The zero-order chi connectivity index (χ0) is 16.1. The topological polar surface area (TPSA) is 53.7 Å². The highest BCUT2D eigenvalue weighted by atomic mass is 79.9. The quantitative estimate of drug-likeness (QED) is 0.847. The summed E-state index contributed by atoms with van der Waals surface area (Å²) < 4.78 is 17.1. The van der Waals surface area contributed by atoms with Crippen molar-refractivity contribution in [2.24, 2.45) is 5.73 Å². The van der Waals surface area contributed by atoms with Crippen molar-refractivity contribution >= 4 is 15.9 Å². The lowest BCUT2D eigenvalue weighted by Crippen LogP contribution is -2.14. The standard InChI is InChI=1S/C17H20BrNO3/c1-20-15-9-12(10-16(21-2)17(15)22-3)14(19)8-11-4-6-13(18)7-5-11/h4-7,9-10,14H,8,19H2,1-3H3. The van der Waals surface area contributed by atoms with E-state index in [1.54, 1.807) is 21.3 Å². The number of nitrogens with two attached hydrogens (primary N) is 1. The van der Waals surface area contributed by atoms with E-state index < -0.39 is 0 Å². The first-order chi connectivity index (χ1) is 10.6. The van der Waals surface area contributed by atoms with Gasteiger partial charge in [-0.2, -0.15) is 0 Å². The Kier molecular flexibility index (Phi) is 5.69. The first-order valence-electron chi connectivity index (χ1n) is 6.89. The van der Waals surface area contributed by atoms with E-state index >= 15 is 0 Å². The summed E-state index contributed by atoms with van der Waals surface area (Å²) >= 11 is 3.43. The van der Waals surface area contributed by atoms with Gasteiger partial charge < -0.3 is 19.9 Å². The lowest BCUT2D eigenvalue weighted by Gasteiger charge is -2.18. The number of halogens is 1. The van der Waals surface area contributed by atoms with Crippen molar-refractivity contribution in [1.82, 2.24) is 0 Å². The Hall–Kier alpha value is -1.72. The molecule has 0 aliphatic rings. The molecule has 0 spiro atoms. The maximum absolute atomic E-state index is 6.34. The molecule has 2 N–H and O–H groups in total. The SMILES string of the molecule is COc1cc(C(N)Cc2ccc(Br)cc2)cc(OC)c1OC. The van der Waals surface area contributed by atoms with E-state index in [0.717, 1.165) is 16.5 Å². The summed E-state index contributed by atoms with van der Waals surface area (Å²) in [7, 11) is 4.78. The number of hydrogen-bond donors (Lipinski definition) is 1. The lowest BCUT2D eigenvalue weighted by atomic mass is 9.99. The van der Waals surface area contributed by atoms with Crippen LogP contribution in [0, 0.1) is 0 Å². The van der Waals surface area contributed by atoms with E-state index in [1.807, 2.05) is 24.3 Å². The van der Waals surface area contributed by atoms with Gasteiger partial charge in [-0.15, -0.1) is 0 Å². The number of rotatable bonds is 6. The monoisotopic (exact) mass is 365 g/mol. The maximum atomic E-state index is 6.34. The molecule has 0 aromatic heterocycles. The molecule has 0 fully saturated rings. The van der Waals surface area contributed by atoms with Gasteiger partial charge in [-0.25, -0.2) is 0 Å². The van der Waals surface area contributed by atoms with Crippen LogP contribution in [0.1, 0.15) is 17.2 Å². The molecule has 0 saturated heterocycles. The highest BCUT2D eigenvalue weighted by molar-refractivity contribution is 9.10. The summed E-state index contributed by atoms with van der Waals surface area (Å²) in [6, 6.07) is 11.8. The van der Waals surface area contributed by atoms with Crippen molar-refractivity contribution in [2.75, 3.05) is 21.3 Å². The van der Waals surface area contributed by atoms with E-state index in [0.29, 0.717) is 17.2 Å². The Labute approximate surface area is 139 Å². The van der Waals surface area contributed by atoms with Gasteiger partial charge in [0.15, 0.2) is 11.5 Å². The fourth-order valence-electron chi connectivity index (χ4n) is 2.31. The fourth-order valence-corrected chi connectivity index (χ4v) is 2.57. The second-order valence-corrected chi connectivity index (χ2v) is 5.81. The van der Waals surface area contributed by atoms with Crippen molar-refractivity contribution in [3.05, 3.63) is 52.0 Å². The third-order valence-corrected chi connectivity index (χ3v) is 4.01. The molecule has 1 unspecified atom stereocenters. The molecule has 0 aliphatic carbocycles. The van der Waals surface area contributed by atoms with Crippen molar-refractivity contribution in [1.29, 1.82) is 0 Å². The molecular weight excluding hydrogens is 346 g/mol. The second-order valence-electron chi connectivity index (χ2n) is 4.90. The van der Waals surface area contributed by atoms with Crippen molar-refractivity contribution in [2.45, 2.75) is 12.5 Å². The van der Waals surface area contributed by atoms with Gasteiger partial charge in [0.2, 0.25) is 5.75 Å². The van der Waals surface area contributed by atoms with Crippen molar-refractivity contribution < 1.29 is 14.2 Å². The first kappa shape index (κ1) is 16.6. The molecule has 0 heterocycles. The molecule has 0 saturated carbocycles. The molecule has 1 atom stereocenters.